The summed E-state index contributed by atoms with van der Waals surface area (Å²) in [5.74, 6) is -0.349. The lowest BCUT2D eigenvalue weighted by molar-refractivity contribution is -0.137. The van der Waals surface area contributed by atoms with E-state index >= 15 is 0 Å². The number of rotatable bonds is 5. The van der Waals surface area contributed by atoms with Crippen molar-refractivity contribution in [2.24, 2.45) is 0 Å². The highest BCUT2D eigenvalue weighted by Crippen LogP contribution is 2.33. The van der Waals surface area contributed by atoms with E-state index in [1.54, 1.807) is 11.4 Å². The number of thiophene rings is 1. The molecule has 2 aliphatic heterocycles. The maximum Gasteiger partial charge on any atom is 0.416 e. The van der Waals surface area contributed by atoms with Crippen LogP contribution in [0.2, 0.25) is 0 Å². The van der Waals surface area contributed by atoms with Crippen molar-refractivity contribution < 1.29 is 18.0 Å². The molecule has 1 aromatic heterocycles. The fraction of sp³-hybridized carbons (Fsp3) is 0.500. The lowest BCUT2D eigenvalue weighted by Gasteiger charge is -2.21. The first-order valence-corrected chi connectivity index (χ1v) is 11.3. The molecule has 2 aromatic rings. The summed E-state index contributed by atoms with van der Waals surface area (Å²) in [6.07, 6.45) is -2.73. The fourth-order valence-electron chi connectivity index (χ4n) is 4.30. The van der Waals surface area contributed by atoms with Crippen LogP contribution >= 0.6 is 11.3 Å². The third-order valence-corrected chi connectivity index (χ3v) is 7.05. The number of halogens is 3. The van der Waals surface area contributed by atoms with Crippen LogP contribution in [0.4, 0.5) is 18.9 Å². The number of carbonyl (C=O) groups excluding carboxylic acids is 1. The highest BCUT2D eigenvalue weighted by Gasteiger charge is 2.32. The molecule has 0 bridgehead atoms. The largest absolute Gasteiger partial charge is 0.416 e. The average Bonchev–Trinajstić information content (AvgIpc) is 3.34. The molecule has 0 radical (unpaired) electrons. The average molecular weight is 453 g/mol. The van der Waals surface area contributed by atoms with Crippen LogP contribution in [-0.2, 0) is 25.7 Å². The van der Waals surface area contributed by atoms with E-state index in [0.717, 1.165) is 55.5 Å². The zero-order valence-corrected chi connectivity index (χ0v) is 18.5. The minimum absolute atomic E-state index is 0.187. The summed E-state index contributed by atoms with van der Waals surface area (Å²) in [6, 6.07) is 4.28. The summed E-state index contributed by atoms with van der Waals surface area (Å²) in [4.78, 5) is 18.3. The number of anilines is 1. The van der Waals surface area contributed by atoms with Crippen molar-refractivity contribution >= 4 is 22.9 Å². The molecule has 31 heavy (non-hydrogen) atoms. The van der Waals surface area contributed by atoms with Crippen molar-refractivity contribution in [3.63, 3.8) is 0 Å². The van der Waals surface area contributed by atoms with Crippen LogP contribution < -0.4 is 10.6 Å². The van der Waals surface area contributed by atoms with Gasteiger partial charge in [-0.1, -0.05) is 0 Å². The Kier molecular flexibility index (Phi) is 6.39. The van der Waals surface area contributed by atoms with Gasteiger partial charge in [0.25, 0.3) is 5.91 Å². The van der Waals surface area contributed by atoms with E-state index in [-0.39, 0.29) is 11.6 Å². The van der Waals surface area contributed by atoms with Crippen molar-refractivity contribution in [1.82, 2.24) is 15.1 Å². The molecular formula is C22H27F3N4OS. The smallest absolute Gasteiger partial charge is 0.322 e. The Morgan fingerprint density at radius 1 is 1.32 bits per heavy atom. The van der Waals surface area contributed by atoms with Gasteiger partial charge in [0.05, 0.1) is 11.1 Å². The second kappa shape index (κ2) is 8.90. The molecule has 1 amide bonds. The van der Waals surface area contributed by atoms with Gasteiger partial charge >= 0.3 is 6.18 Å². The van der Waals surface area contributed by atoms with Gasteiger partial charge in [0.15, 0.2) is 0 Å². The van der Waals surface area contributed by atoms with Crippen LogP contribution in [-0.4, -0.2) is 55.5 Å². The zero-order chi connectivity index (χ0) is 22.2. The molecule has 1 fully saturated rings. The monoisotopic (exact) mass is 452 g/mol. The third kappa shape index (κ3) is 5.11. The lowest BCUT2D eigenvalue weighted by Crippen LogP contribution is -2.31. The molecule has 1 saturated heterocycles. The van der Waals surface area contributed by atoms with Crippen LogP contribution in [0.3, 0.4) is 0 Å². The molecule has 5 nitrogen and oxygen atoms in total. The first-order chi connectivity index (χ1) is 14.7. The first-order valence-electron chi connectivity index (χ1n) is 10.4. The van der Waals surface area contributed by atoms with Crippen LogP contribution in [0, 0.1) is 0 Å². The van der Waals surface area contributed by atoms with Gasteiger partial charge in [-0.25, -0.2) is 0 Å². The highest BCUT2D eigenvalue weighted by molar-refractivity contribution is 7.10. The maximum atomic E-state index is 13.5. The van der Waals surface area contributed by atoms with Crippen LogP contribution in [0.25, 0.3) is 0 Å². The molecule has 168 valence electrons. The zero-order valence-electron chi connectivity index (χ0n) is 17.7. The van der Waals surface area contributed by atoms with Crippen molar-refractivity contribution in [3.8, 4) is 0 Å². The van der Waals surface area contributed by atoms with E-state index in [4.69, 9.17) is 0 Å². The van der Waals surface area contributed by atoms with Crippen molar-refractivity contribution in [2.75, 3.05) is 39.0 Å². The summed E-state index contributed by atoms with van der Waals surface area (Å²) in [5, 5.41) is 7.78. The Morgan fingerprint density at radius 3 is 2.84 bits per heavy atom. The maximum absolute atomic E-state index is 13.5. The fourth-order valence-corrected chi connectivity index (χ4v) is 5.35. The first kappa shape index (κ1) is 22.3. The van der Waals surface area contributed by atoms with E-state index in [2.05, 4.69) is 20.4 Å². The van der Waals surface area contributed by atoms with E-state index in [0.29, 0.717) is 23.7 Å². The van der Waals surface area contributed by atoms with Gasteiger partial charge in [-0.3, -0.25) is 9.69 Å². The number of hydrogen-bond acceptors (Lipinski definition) is 5. The normalized spacial score (nSPS) is 19.6. The summed E-state index contributed by atoms with van der Waals surface area (Å²) >= 11 is 1.51. The van der Waals surface area contributed by atoms with Gasteiger partial charge in [-0.05, 0) is 62.8 Å². The molecule has 0 unspecified atom stereocenters. The molecule has 1 aromatic carbocycles. The third-order valence-electron chi connectivity index (χ3n) is 6.02. The van der Waals surface area contributed by atoms with Gasteiger partial charge in [0.2, 0.25) is 0 Å². The number of amides is 1. The number of alkyl halides is 3. The molecule has 9 heteroatoms. The van der Waals surface area contributed by atoms with Crippen LogP contribution in [0.1, 0.15) is 38.3 Å². The number of nitrogens with one attached hydrogen (secondary N) is 2. The molecule has 1 atom stereocenters. The van der Waals surface area contributed by atoms with Gasteiger partial charge in [-0.2, -0.15) is 13.2 Å². The Morgan fingerprint density at radius 2 is 2.13 bits per heavy atom. The van der Waals surface area contributed by atoms with Gasteiger partial charge in [-0.15, -0.1) is 11.3 Å². The van der Waals surface area contributed by atoms with Gasteiger partial charge in [0, 0.05) is 48.2 Å². The Balaban J connectivity index is 1.55. The molecule has 3 heterocycles. The van der Waals surface area contributed by atoms with E-state index in [1.165, 1.54) is 17.4 Å². The molecule has 4 rings (SSSR count). The summed E-state index contributed by atoms with van der Waals surface area (Å²) in [7, 11) is 4.04. The summed E-state index contributed by atoms with van der Waals surface area (Å²) < 4.78 is 40.6. The van der Waals surface area contributed by atoms with Gasteiger partial charge in [0.1, 0.15) is 0 Å². The van der Waals surface area contributed by atoms with Gasteiger partial charge < -0.3 is 15.5 Å². The predicted molar refractivity (Wildman–Crippen MR) is 116 cm³/mol. The molecule has 0 aliphatic carbocycles. The Hall–Kier alpha value is -1.94. The SMILES string of the molecule is CN(C)[C@@H]1CCN(Cc2cc(NC(=O)c3csc4c3CCNC4)cc(C(F)(F)F)c2)C1. The number of likely N-dealkylation sites (N-methyl/N-ethyl adjacent to an activating group) is 1. The molecular weight excluding hydrogens is 425 g/mol. The van der Waals surface area contributed by atoms with Crippen LogP contribution in [0.15, 0.2) is 23.6 Å². The van der Waals surface area contributed by atoms with Crippen LogP contribution in [0.5, 0.6) is 0 Å². The van der Waals surface area contributed by atoms with E-state index < -0.39 is 11.7 Å². The van der Waals surface area contributed by atoms with E-state index in [1.807, 2.05) is 14.1 Å². The minimum atomic E-state index is -4.47. The van der Waals surface area contributed by atoms with Crippen molar-refractivity contribution in [2.45, 2.75) is 38.1 Å². The molecule has 0 spiro atoms. The molecule has 2 aliphatic rings. The number of carbonyl (C=O) groups is 1. The molecule has 2 N–H and O–H groups in total. The lowest BCUT2D eigenvalue weighted by atomic mass is 10.0. The molecule has 0 saturated carbocycles. The standard InChI is InChI=1S/C22H27F3N4OS/c1-28(2)17-4-6-29(12-17)11-14-7-15(22(23,24)25)9-16(8-14)27-21(30)19-13-31-20-10-26-5-3-18(19)20/h7-9,13,17,26H,3-6,10-12H2,1-2H3,(H,27,30)/t17-/m1/s1. The summed E-state index contributed by atoms with van der Waals surface area (Å²) in [5.41, 5.74) is 1.57. The predicted octanol–water partition coefficient (Wildman–Crippen LogP) is 3.80. The Labute approximate surface area is 184 Å². The second-order valence-electron chi connectivity index (χ2n) is 8.49. The number of benzene rings is 1. The second-order valence-corrected chi connectivity index (χ2v) is 9.45. The number of nitrogens with zero attached hydrogens (tertiary/aromatic N) is 2. The van der Waals surface area contributed by atoms with Crippen molar-refractivity contribution in [1.29, 1.82) is 0 Å². The summed E-state index contributed by atoms with van der Waals surface area (Å²) in [6.45, 7) is 3.61. The quantitative estimate of drug-likeness (QED) is 0.725. The minimum Gasteiger partial charge on any atom is -0.322 e. The highest BCUT2D eigenvalue weighted by atomic mass is 32.1. The topological polar surface area (TPSA) is 47.6 Å². The number of fused-ring (bicyclic) bond motifs is 1. The van der Waals surface area contributed by atoms with E-state index in [9.17, 15) is 18.0 Å². The Bertz CT molecular complexity index is 957. The number of likely N-dealkylation sites (tertiary alicyclic amines) is 1. The number of hydrogen-bond donors (Lipinski definition) is 2. The van der Waals surface area contributed by atoms with Crippen molar-refractivity contribution in [3.05, 3.63) is 50.7 Å².